The number of piperazine rings is 1. The van der Waals surface area contributed by atoms with Crippen LogP contribution in [0.25, 0.3) is 0 Å². The van der Waals surface area contributed by atoms with Gasteiger partial charge in [-0.1, -0.05) is 0 Å². The highest BCUT2D eigenvalue weighted by Crippen LogP contribution is 2.43. The lowest BCUT2D eigenvalue weighted by Crippen LogP contribution is -2.51. The fourth-order valence-electron chi connectivity index (χ4n) is 2.38. The highest BCUT2D eigenvalue weighted by atomic mass is 16.6. The quantitative estimate of drug-likeness (QED) is 0.598. The van der Waals surface area contributed by atoms with Crippen molar-refractivity contribution in [2.24, 2.45) is 0 Å². The number of aliphatic hydroxyl groups excluding tert-OH is 1. The lowest BCUT2D eigenvalue weighted by Gasteiger charge is -2.35. The van der Waals surface area contributed by atoms with Crippen LogP contribution in [0.1, 0.15) is 0 Å². The van der Waals surface area contributed by atoms with E-state index >= 15 is 0 Å². The molecule has 1 fully saturated rings. The van der Waals surface area contributed by atoms with Gasteiger partial charge in [0.05, 0.1) is 12.2 Å². The molecule has 0 bridgehead atoms. The first-order valence-corrected chi connectivity index (χ1v) is 6.10. The number of rotatable bonds is 1. The van der Waals surface area contributed by atoms with Gasteiger partial charge in [0.1, 0.15) is 25.1 Å². The molecule has 1 saturated heterocycles. The van der Waals surface area contributed by atoms with E-state index in [9.17, 15) is 5.11 Å². The summed E-state index contributed by atoms with van der Waals surface area (Å²) in [5, 5.41) is 12.7. The maximum absolute atomic E-state index is 9.67. The Morgan fingerprint density at radius 1 is 1.33 bits per heavy atom. The largest absolute Gasteiger partial charge is 0.486 e. The first kappa shape index (κ1) is 11.4. The average molecular weight is 251 g/mol. The number of hydrogen-bond donors (Lipinski definition) is 3. The molecule has 0 aromatic heterocycles. The minimum absolute atomic E-state index is 0.490. The number of nitrogen functional groups attached to an aromatic ring is 1. The Hall–Kier alpha value is -1.66. The van der Waals surface area contributed by atoms with Crippen LogP contribution in [-0.4, -0.2) is 44.2 Å². The van der Waals surface area contributed by atoms with E-state index in [1.807, 2.05) is 17.0 Å². The van der Waals surface area contributed by atoms with Gasteiger partial charge in [-0.3, -0.25) is 5.32 Å². The summed E-state index contributed by atoms with van der Waals surface area (Å²) in [6.07, 6.45) is -0.543. The lowest BCUT2D eigenvalue weighted by atomic mass is 10.1. The summed E-state index contributed by atoms with van der Waals surface area (Å²) < 4.78 is 11.2. The van der Waals surface area contributed by atoms with Gasteiger partial charge < -0.3 is 25.2 Å². The number of fused-ring (bicyclic) bond motifs is 1. The number of benzene rings is 1. The summed E-state index contributed by atoms with van der Waals surface area (Å²) in [4.78, 5) is 2.03. The molecule has 6 heteroatoms. The molecular formula is C12H17N3O3. The van der Waals surface area contributed by atoms with Crippen LogP contribution >= 0.6 is 0 Å². The molecule has 2 aliphatic heterocycles. The Labute approximate surface area is 105 Å². The molecule has 0 radical (unpaired) electrons. The minimum Gasteiger partial charge on any atom is -0.486 e. The van der Waals surface area contributed by atoms with E-state index in [0.29, 0.717) is 37.7 Å². The first-order valence-electron chi connectivity index (χ1n) is 6.10. The first-order chi connectivity index (χ1) is 8.75. The van der Waals surface area contributed by atoms with E-state index in [4.69, 9.17) is 15.2 Å². The minimum atomic E-state index is -0.543. The second-order valence-electron chi connectivity index (χ2n) is 4.44. The average Bonchev–Trinajstić information content (AvgIpc) is 2.38. The zero-order valence-electron chi connectivity index (χ0n) is 10.1. The molecule has 0 amide bonds. The van der Waals surface area contributed by atoms with E-state index in [2.05, 4.69) is 5.32 Å². The Morgan fingerprint density at radius 3 is 3.00 bits per heavy atom. The maximum Gasteiger partial charge on any atom is 0.186 e. The summed E-state index contributed by atoms with van der Waals surface area (Å²) in [7, 11) is 0. The monoisotopic (exact) mass is 251 g/mol. The summed E-state index contributed by atoms with van der Waals surface area (Å²) >= 11 is 0. The van der Waals surface area contributed by atoms with Gasteiger partial charge in [0, 0.05) is 13.1 Å². The molecule has 0 aliphatic carbocycles. The van der Waals surface area contributed by atoms with Crippen molar-refractivity contribution in [1.82, 2.24) is 5.32 Å². The molecule has 1 atom stereocenters. The van der Waals surface area contributed by atoms with Crippen LogP contribution in [0.2, 0.25) is 0 Å². The molecule has 2 heterocycles. The molecule has 1 unspecified atom stereocenters. The van der Waals surface area contributed by atoms with Gasteiger partial charge in [-0.15, -0.1) is 0 Å². The van der Waals surface area contributed by atoms with Crippen LogP contribution in [-0.2, 0) is 0 Å². The summed E-state index contributed by atoms with van der Waals surface area (Å²) in [5.74, 6) is 1.41. The second kappa shape index (κ2) is 4.55. The molecule has 98 valence electrons. The highest BCUT2D eigenvalue weighted by molar-refractivity contribution is 5.79. The maximum atomic E-state index is 9.67. The number of hydrogen-bond acceptors (Lipinski definition) is 6. The third kappa shape index (κ3) is 1.93. The number of β-amino-alcohol motifs (C(OH)–C–C–N with tert-alkyl or cyclic N) is 1. The van der Waals surface area contributed by atoms with Gasteiger partial charge in [-0.05, 0) is 12.1 Å². The molecule has 2 aliphatic rings. The van der Waals surface area contributed by atoms with Crippen LogP contribution in [0.4, 0.5) is 11.4 Å². The van der Waals surface area contributed by atoms with Crippen LogP contribution in [0.15, 0.2) is 12.1 Å². The van der Waals surface area contributed by atoms with E-state index in [-0.39, 0.29) is 0 Å². The molecule has 3 rings (SSSR count). The Bertz CT molecular complexity index is 452. The molecule has 1 aromatic rings. The van der Waals surface area contributed by atoms with Crippen LogP contribution in [0.3, 0.4) is 0 Å². The fraction of sp³-hybridized carbons (Fsp3) is 0.500. The highest BCUT2D eigenvalue weighted by Gasteiger charge is 2.26. The molecule has 0 saturated carbocycles. The Balaban J connectivity index is 1.99. The van der Waals surface area contributed by atoms with Crippen molar-refractivity contribution in [2.45, 2.75) is 6.23 Å². The third-order valence-electron chi connectivity index (χ3n) is 3.19. The molecule has 1 aromatic carbocycles. The van der Waals surface area contributed by atoms with Gasteiger partial charge in [-0.25, -0.2) is 0 Å². The van der Waals surface area contributed by atoms with Gasteiger partial charge in [0.15, 0.2) is 11.5 Å². The van der Waals surface area contributed by atoms with Crippen molar-refractivity contribution in [3.8, 4) is 11.5 Å². The molecule has 18 heavy (non-hydrogen) atoms. The molecular weight excluding hydrogens is 234 g/mol. The van der Waals surface area contributed by atoms with Gasteiger partial charge in [0.2, 0.25) is 0 Å². The predicted molar refractivity (Wildman–Crippen MR) is 68.1 cm³/mol. The predicted octanol–water partition coefficient (Wildman–Crippen LogP) is -0.232. The van der Waals surface area contributed by atoms with Gasteiger partial charge in [0.25, 0.3) is 0 Å². The topological polar surface area (TPSA) is 80.0 Å². The van der Waals surface area contributed by atoms with Gasteiger partial charge >= 0.3 is 0 Å². The fourth-order valence-corrected chi connectivity index (χ4v) is 2.38. The van der Waals surface area contributed by atoms with E-state index < -0.39 is 6.23 Å². The van der Waals surface area contributed by atoms with Crippen LogP contribution in [0.5, 0.6) is 11.5 Å². The molecule has 6 nitrogen and oxygen atoms in total. The molecule has 4 N–H and O–H groups in total. The Morgan fingerprint density at radius 2 is 2.17 bits per heavy atom. The van der Waals surface area contributed by atoms with Crippen molar-refractivity contribution < 1.29 is 14.6 Å². The van der Waals surface area contributed by atoms with E-state index in [0.717, 1.165) is 18.0 Å². The number of nitrogens with two attached hydrogens (primary N) is 1. The third-order valence-corrected chi connectivity index (χ3v) is 3.19. The molecule has 0 spiro atoms. The number of anilines is 2. The standard InChI is InChI=1S/C12H17N3O3/c13-8-1-2-9-12(18-6-5-17-9)11(8)15-4-3-14-10(16)7-15/h1-2,10,14,16H,3-7,13H2. The lowest BCUT2D eigenvalue weighted by molar-refractivity contribution is 0.130. The summed E-state index contributed by atoms with van der Waals surface area (Å²) in [6.45, 7) is 3.06. The van der Waals surface area contributed by atoms with E-state index in [1.54, 1.807) is 0 Å². The van der Waals surface area contributed by atoms with Crippen molar-refractivity contribution in [1.29, 1.82) is 0 Å². The number of aliphatic hydroxyl groups is 1. The van der Waals surface area contributed by atoms with E-state index in [1.165, 1.54) is 0 Å². The smallest absolute Gasteiger partial charge is 0.186 e. The van der Waals surface area contributed by atoms with Crippen LogP contribution in [0, 0.1) is 0 Å². The second-order valence-corrected chi connectivity index (χ2v) is 4.44. The number of nitrogens with one attached hydrogen (secondary N) is 1. The summed E-state index contributed by atoms with van der Waals surface area (Å²) in [5.41, 5.74) is 7.51. The summed E-state index contributed by atoms with van der Waals surface area (Å²) in [6, 6.07) is 3.64. The number of ether oxygens (including phenoxy) is 2. The van der Waals surface area contributed by atoms with Crippen molar-refractivity contribution >= 4 is 11.4 Å². The SMILES string of the molecule is Nc1ccc2c(c1N1CCNC(O)C1)OCCO2. The van der Waals surface area contributed by atoms with Crippen molar-refractivity contribution in [3.05, 3.63) is 12.1 Å². The zero-order valence-corrected chi connectivity index (χ0v) is 10.1. The van der Waals surface area contributed by atoms with Crippen molar-refractivity contribution in [3.63, 3.8) is 0 Å². The zero-order chi connectivity index (χ0) is 12.5. The normalized spacial score (nSPS) is 22.9. The van der Waals surface area contributed by atoms with Crippen molar-refractivity contribution in [2.75, 3.05) is 43.5 Å². The number of nitrogens with zero attached hydrogens (tertiary/aromatic N) is 1. The Kier molecular flexibility index (Phi) is 2.89. The van der Waals surface area contributed by atoms with Crippen LogP contribution < -0.4 is 25.4 Å². The van der Waals surface area contributed by atoms with Gasteiger partial charge in [-0.2, -0.15) is 0 Å².